The molecule has 0 spiro atoms. The summed E-state index contributed by atoms with van der Waals surface area (Å²) in [6.07, 6.45) is 0.720. The maximum absolute atomic E-state index is 12.9. The van der Waals surface area contributed by atoms with Gasteiger partial charge in [0.15, 0.2) is 0 Å². The second-order valence-corrected chi connectivity index (χ2v) is 6.75. The lowest BCUT2D eigenvalue weighted by molar-refractivity contribution is 0.102. The molecular weight excluding hydrogens is 340 g/mol. The molecule has 1 aliphatic heterocycles. The highest BCUT2D eigenvalue weighted by Crippen LogP contribution is 2.31. The average Bonchev–Trinajstić information content (AvgIpc) is 3.05. The molecule has 2 heterocycles. The quantitative estimate of drug-likeness (QED) is 0.732. The standard InChI is InChI=1S/C21H20N4O2/c1-12-16-5-3-4-6-17(16)23-13(2)19(12)20(26)24-15-7-8-18-14(11-15)9-10-25(18)21(22)27/h3-8,11H,9-10H2,1-2H3,(H2,22,27)(H,24,26). The van der Waals surface area contributed by atoms with Gasteiger partial charge in [-0.15, -0.1) is 0 Å². The van der Waals surface area contributed by atoms with Gasteiger partial charge in [0.2, 0.25) is 0 Å². The molecule has 136 valence electrons. The Morgan fingerprint density at radius 3 is 2.70 bits per heavy atom. The summed E-state index contributed by atoms with van der Waals surface area (Å²) >= 11 is 0. The van der Waals surface area contributed by atoms with Crippen LogP contribution in [-0.4, -0.2) is 23.5 Å². The van der Waals surface area contributed by atoms with Gasteiger partial charge in [-0.1, -0.05) is 18.2 Å². The zero-order valence-electron chi connectivity index (χ0n) is 15.2. The number of primary amides is 1. The number of pyridine rings is 1. The molecule has 3 aromatic rings. The zero-order chi connectivity index (χ0) is 19.1. The highest BCUT2D eigenvalue weighted by atomic mass is 16.2. The molecule has 0 unspecified atom stereocenters. The molecule has 6 heteroatoms. The van der Waals surface area contributed by atoms with Crippen LogP contribution in [0, 0.1) is 13.8 Å². The van der Waals surface area contributed by atoms with Crippen molar-refractivity contribution in [2.75, 3.05) is 16.8 Å². The molecule has 4 rings (SSSR count). The van der Waals surface area contributed by atoms with Crippen molar-refractivity contribution in [3.8, 4) is 0 Å². The number of nitrogens with zero attached hydrogens (tertiary/aromatic N) is 2. The number of anilines is 2. The number of amides is 3. The maximum atomic E-state index is 12.9. The summed E-state index contributed by atoms with van der Waals surface area (Å²) in [6.45, 7) is 4.36. The fourth-order valence-electron chi connectivity index (χ4n) is 3.77. The molecule has 27 heavy (non-hydrogen) atoms. The van der Waals surface area contributed by atoms with Gasteiger partial charge in [0.05, 0.1) is 16.8 Å². The van der Waals surface area contributed by atoms with Crippen molar-refractivity contribution in [3.63, 3.8) is 0 Å². The zero-order valence-corrected chi connectivity index (χ0v) is 15.2. The topological polar surface area (TPSA) is 88.3 Å². The second kappa shape index (κ2) is 6.39. The van der Waals surface area contributed by atoms with E-state index in [0.717, 1.165) is 34.1 Å². The molecule has 1 aromatic heterocycles. The van der Waals surface area contributed by atoms with Gasteiger partial charge < -0.3 is 11.1 Å². The Bertz CT molecular complexity index is 1090. The van der Waals surface area contributed by atoms with Crippen molar-refractivity contribution in [1.82, 2.24) is 4.98 Å². The highest BCUT2D eigenvalue weighted by Gasteiger charge is 2.23. The van der Waals surface area contributed by atoms with Crippen molar-refractivity contribution in [2.45, 2.75) is 20.3 Å². The Labute approximate surface area is 157 Å². The van der Waals surface area contributed by atoms with E-state index in [1.807, 2.05) is 50.2 Å². The third-order valence-corrected chi connectivity index (χ3v) is 5.06. The van der Waals surface area contributed by atoms with Gasteiger partial charge in [-0.25, -0.2) is 4.79 Å². The highest BCUT2D eigenvalue weighted by molar-refractivity contribution is 6.08. The molecule has 0 radical (unpaired) electrons. The summed E-state index contributed by atoms with van der Waals surface area (Å²) in [5.74, 6) is -0.187. The number of rotatable bonds is 2. The molecule has 0 aliphatic carbocycles. The second-order valence-electron chi connectivity index (χ2n) is 6.75. The van der Waals surface area contributed by atoms with Crippen LogP contribution >= 0.6 is 0 Å². The van der Waals surface area contributed by atoms with Crippen LogP contribution in [0.3, 0.4) is 0 Å². The van der Waals surface area contributed by atoms with Crippen molar-refractivity contribution < 1.29 is 9.59 Å². The summed E-state index contributed by atoms with van der Waals surface area (Å²) in [7, 11) is 0. The number of nitrogens with two attached hydrogens (primary N) is 1. The third-order valence-electron chi connectivity index (χ3n) is 5.06. The van der Waals surface area contributed by atoms with Crippen molar-refractivity contribution in [3.05, 3.63) is 64.8 Å². The maximum Gasteiger partial charge on any atom is 0.319 e. The molecule has 2 aromatic carbocycles. The van der Waals surface area contributed by atoms with E-state index in [1.165, 1.54) is 0 Å². The lowest BCUT2D eigenvalue weighted by Crippen LogP contribution is -2.33. The molecule has 0 fully saturated rings. The fraction of sp³-hybridized carbons (Fsp3) is 0.190. The Hall–Kier alpha value is -3.41. The van der Waals surface area contributed by atoms with Gasteiger partial charge in [-0.2, -0.15) is 0 Å². The molecule has 6 nitrogen and oxygen atoms in total. The number of aromatic nitrogens is 1. The molecule has 1 aliphatic rings. The van der Waals surface area contributed by atoms with Crippen molar-refractivity contribution >= 4 is 34.2 Å². The monoisotopic (exact) mass is 360 g/mol. The number of fused-ring (bicyclic) bond motifs is 2. The smallest absolute Gasteiger partial charge is 0.319 e. The summed E-state index contributed by atoms with van der Waals surface area (Å²) in [6, 6.07) is 12.9. The van der Waals surface area contributed by atoms with Crippen LogP contribution < -0.4 is 16.0 Å². The molecule has 0 bridgehead atoms. The number of para-hydroxylation sites is 1. The third kappa shape index (κ3) is 2.89. The number of carbonyl (C=O) groups is 2. The van der Waals surface area contributed by atoms with Crippen LogP contribution in [0.2, 0.25) is 0 Å². The first-order valence-electron chi connectivity index (χ1n) is 8.83. The molecule has 0 saturated carbocycles. The number of aryl methyl sites for hydroxylation is 2. The van der Waals surface area contributed by atoms with E-state index in [2.05, 4.69) is 10.3 Å². The predicted molar refractivity (Wildman–Crippen MR) is 106 cm³/mol. The molecule has 0 atom stereocenters. The first kappa shape index (κ1) is 17.0. The largest absolute Gasteiger partial charge is 0.351 e. The van der Waals surface area contributed by atoms with Gasteiger partial charge in [0.1, 0.15) is 0 Å². The van der Waals surface area contributed by atoms with Crippen LogP contribution in [-0.2, 0) is 6.42 Å². The number of urea groups is 1. The molecular formula is C21H20N4O2. The minimum atomic E-state index is -0.459. The first-order chi connectivity index (χ1) is 13.0. The Morgan fingerprint density at radius 1 is 1.15 bits per heavy atom. The van der Waals surface area contributed by atoms with Crippen molar-refractivity contribution in [2.24, 2.45) is 5.73 Å². The van der Waals surface area contributed by atoms with E-state index in [4.69, 9.17) is 5.73 Å². The van der Waals surface area contributed by atoms with E-state index in [-0.39, 0.29) is 5.91 Å². The van der Waals surface area contributed by atoms with Gasteiger partial charge in [0.25, 0.3) is 5.91 Å². The van der Waals surface area contributed by atoms with E-state index < -0.39 is 6.03 Å². The van der Waals surface area contributed by atoms with Gasteiger partial charge >= 0.3 is 6.03 Å². The fourth-order valence-corrected chi connectivity index (χ4v) is 3.77. The average molecular weight is 360 g/mol. The van der Waals surface area contributed by atoms with E-state index in [0.29, 0.717) is 23.5 Å². The van der Waals surface area contributed by atoms with Crippen LogP contribution in [0.4, 0.5) is 16.2 Å². The number of nitrogens with one attached hydrogen (secondary N) is 1. The normalized spacial score (nSPS) is 12.9. The van der Waals surface area contributed by atoms with E-state index >= 15 is 0 Å². The molecule has 3 N–H and O–H groups in total. The van der Waals surface area contributed by atoms with Gasteiger partial charge in [0, 0.05) is 23.3 Å². The summed E-state index contributed by atoms with van der Waals surface area (Å²) in [5.41, 5.74) is 11.0. The lowest BCUT2D eigenvalue weighted by atomic mass is 10.0. The molecule has 0 saturated heterocycles. The first-order valence-corrected chi connectivity index (χ1v) is 8.83. The molecule has 3 amide bonds. The van der Waals surface area contributed by atoms with E-state index in [1.54, 1.807) is 11.0 Å². The Morgan fingerprint density at radius 2 is 1.93 bits per heavy atom. The van der Waals surface area contributed by atoms with Crippen LogP contribution in [0.5, 0.6) is 0 Å². The Balaban J connectivity index is 1.66. The lowest BCUT2D eigenvalue weighted by Gasteiger charge is -2.15. The minimum Gasteiger partial charge on any atom is -0.351 e. The van der Waals surface area contributed by atoms with Crippen LogP contribution in [0.15, 0.2) is 42.5 Å². The Kier molecular flexibility index (Phi) is 4.03. The SMILES string of the molecule is Cc1nc2ccccc2c(C)c1C(=O)Nc1ccc2c(c1)CCN2C(N)=O. The van der Waals surface area contributed by atoms with Crippen LogP contribution in [0.25, 0.3) is 10.9 Å². The predicted octanol–water partition coefficient (Wildman–Crippen LogP) is 3.55. The summed E-state index contributed by atoms with van der Waals surface area (Å²) in [4.78, 5) is 30.5. The van der Waals surface area contributed by atoms with Crippen molar-refractivity contribution in [1.29, 1.82) is 0 Å². The number of hydrogen-bond donors (Lipinski definition) is 2. The van der Waals surface area contributed by atoms with E-state index in [9.17, 15) is 9.59 Å². The number of hydrogen-bond acceptors (Lipinski definition) is 3. The number of benzene rings is 2. The number of carbonyl (C=O) groups excluding carboxylic acids is 2. The van der Waals surface area contributed by atoms with Gasteiger partial charge in [-0.3, -0.25) is 14.7 Å². The van der Waals surface area contributed by atoms with Crippen LogP contribution in [0.1, 0.15) is 27.2 Å². The summed E-state index contributed by atoms with van der Waals surface area (Å²) in [5, 5.41) is 3.94. The summed E-state index contributed by atoms with van der Waals surface area (Å²) < 4.78 is 0. The minimum absolute atomic E-state index is 0.187. The van der Waals surface area contributed by atoms with Gasteiger partial charge in [-0.05, 0) is 55.7 Å².